The molecule has 0 saturated carbocycles. The van der Waals surface area contributed by atoms with E-state index in [-0.39, 0.29) is 0 Å². The molecule has 1 saturated heterocycles. The predicted molar refractivity (Wildman–Crippen MR) is 80.1 cm³/mol. The van der Waals surface area contributed by atoms with E-state index in [1.807, 2.05) is 0 Å². The number of hydrogen-bond acceptors (Lipinski definition) is 3. The molecule has 0 aromatic heterocycles. The summed E-state index contributed by atoms with van der Waals surface area (Å²) in [5.41, 5.74) is 0.452. The van der Waals surface area contributed by atoms with Crippen LogP contribution in [0, 0.1) is 5.41 Å². The normalized spacial score (nSPS) is 23.8. The summed E-state index contributed by atoms with van der Waals surface area (Å²) >= 11 is 0. The molecule has 108 valence electrons. The van der Waals surface area contributed by atoms with E-state index in [2.05, 4.69) is 50.0 Å². The van der Waals surface area contributed by atoms with Gasteiger partial charge in [-0.05, 0) is 65.0 Å². The second kappa shape index (κ2) is 7.46. The monoisotopic (exact) mass is 255 g/mol. The van der Waals surface area contributed by atoms with Crippen molar-refractivity contribution >= 4 is 0 Å². The molecule has 0 amide bonds. The van der Waals surface area contributed by atoms with Crippen molar-refractivity contribution in [3.05, 3.63) is 0 Å². The van der Waals surface area contributed by atoms with Crippen LogP contribution in [0.4, 0.5) is 0 Å². The lowest BCUT2D eigenvalue weighted by atomic mass is 9.77. The number of rotatable bonds is 7. The molecule has 1 N–H and O–H groups in total. The number of nitrogens with zero attached hydrogens (tertiary/aromatic N) is 2. The van der Waals surface area contributed by atoms with Crippen molar-refractivity contribution in [2.45, 2.75) is 46.1 Å². The lowest BCUT2D eigenvalue weighted by molar-refractivity contribution is 0.127. The first-order valence-corrected chi connectivity index (χ1v) is 7.56. The summed E-state index contributed by atoms with van der Waals surface area (Å²) in [6, 6.07) is 0.658. The quantitative estimate of drug-likeness (QED) is 0.751. The maximum absolute atomic E-state index is 3.72. The zero-order valence-electron chi connectivity index (χ0n) is 13.1. The average molecular weight is 255 g/mol. The second-order valence-corrected chi connectivity index (χ2v) is 6.65. The van der Waals surface area contributed by atoms with Crippen molar-refractivity contribution in [3.8, 4) is 0 Å². The highest BCUT2D eigenvalue weighted by atomic mass is 15.2. The van der Waals surface area contributed by atoms with Gasteiger partial charge in [0.2, 0.25) is 0 Å². The first-order valence-electron chi connectivity index (χ1n) is 7.56. The van der Waals surface area contributed by atoms with Crippen molar-refractivity contribution in [2.75, 3.05) is 46.8 Å². The van der Waals surface area contributed by atoms with E-state index >= 15 is 0 Å². The number of piperidine rings is 1. The fourth-order valence-corrected chi connectivity index (χ4v) is 2.83. The zero-order chi connectivity index (χ0) is 13.6. The van der Waals surface area contributed by atoms with Gasteiger partial charge >= 0.3 is 0 Å². The van der Waals surface area contributed by atoms with Gasteiger partial charge in [-0.2, -0.15) is 0 Å². The Kier molecular flexibility index (Phi) is 6.61. The Morgan fingerprint density at radius 1 is 1.22 bits per heavy atom. The predicted octanol–water partition coefficient (Wildman–Crippen LogP) is 2.04. The third-order valence-electron chi connectivity index (χ3n) is 4.30. The Balaban J connectivity index is 2.36. The van der Waals surface area contributed by atoms with Gasteiger partial charge in [-0.3, -0.25) is 0 Å². The molecule has 0 radical (unpaired) electrons. The van der Waals surface area contributed by atoms with Crippen LogP contribution in [0.1, 0.15) is 40.0 Å². The van der Waals surface area contributed by atoms with Crippen molar-refractivity contribution < 1.29 is 0 Å². The van der Waals surface area contributed by atoms with Crippen LogP contribution >= 0.6 is 0 Å². The molecule has 1 aliphatic rings. The van der Waals surface area contributed by atoms with Crippen molar-refractivity contribution in [3.63, 3.8) is 0 Å². The average Bonchev–Trinajstić information content (AvgIpc) is 2.29. The Morgan fingerprint density at radius 2 is 1.94 bits per heavy atom. The molecule has 18 heavy (non-hydrogen) atoms. The van der Waals surface area contributed by atoms with Gasteiger partial charge in [0.25, 0.3) is 0 Å². The Bertz CT molecular complexity index is 226. The van der Waals surface area contributed by atoms with Crippen LogP contribution in [0.15, 0.2) is 0 Å². The van der Waals surface area contributed by atoms with Gasteiger partial charge in [-0.25, -0.2) is 0 Å². The summed E-state index contributed by atoms with van der Waals surface area (Å²) in [5.74, 6) is 0. The maximum atomic E-state index is 3.72. The smallest absolute Gasteiger partial charge is 0.0246 e. The zero-order valence-corrected chi connectivity index (χ0v) is 13.1. The minimum absolute atomic E-state index is 0.452. The van der Waals surface area contributed by atoms with E-state index in [1.54, 1.807) is 0 Å². The molecule has 1 fully saturated rings. The first-order chi connectivity index (χ1) is 8.45. The summed E-state index contributed by atoms with van der Waals surface area (Å²) in [4.78, 5) is 4.88. The van der Waals surface area contributed by atoms with Gasteiger partial charge in [0.05, 0.1) is 0 Å². The summed E-state index contributed by atoms with van der Waals surface area (Å²) < 4.78 is 0. The molecular formula is C15H33N3. The minimum Gasteiger partial charge on any atom is -0.312 e. The van der Waals surface area contributed by atoms with Crippen LogP contribution < -0.4 is 5.32 Å². The van der Waals surface area contributed by atoms with E-state index < -0.39 is 0 Å². The molecule has 3 heteroatoms. The van der Waals surface area contributed by atoms with Gasteiger partial charge in [-0.15, -0.1) is 0 Å². The molecule has 3 nitrogen and oxygen atoms in total. The van der Waals surface area contributed by atoms with Gasteiger partial charge in [-0.1, -0.05) is 20.8 Å². The van der Waals surface area contributed by atoms with E-state index in [9.17, 15) is 0 Å². The standard InChI is InChI=1S/C15H33N3/c1-6-18(12-8-11-17(4)5)13-14-15(2,3)9-7-10-16-14/h14,16H,6-13H2,1-5H3. The van der Waals surface area contributed by atoms with Gasteiger partial charge in [0, 0.05) is 12.6 Å². The van der Waals surface area contributed by atoms with Crippen molar-refractivity contribution in [2.24, 2.45) is 5.41 Å². The van der Waals surface area contributed by atoms with Gasteiger partial charge in [0.15, 0.2) is 0 Å². The molecule has 1 aliphatic heterocycles. The van der Waals surface area contributed by atoms with Crippen molar-refractivity contribution in [1.29, 1.82) is 0 Å². The molecular weight excluding hydrogens is 222 g/mol. The largest absolute Gasteiger partial charge is 0.312 e. The SMILES string of the molecule is CCN(CCCN(C)C)CC1NCCCC1(C)C. The summed E-state index contributed by atoms with van der Waals surface area (Å²) in [6.07, 6.45) is 3.96. The topological polar surface area (TPSA) is 18.5 Å². The van der Waals surface area contributed by atoms with E-state index in [4.69, 9.17) is 0 Å². The third-order valence-corrected chi connectivity index (χ3v) is 4.30. The summed E-state index contributed by atoms with van der Waals surface area (Å²) in [5, 5.41) is 3.72. The molecule has 1 atom stereocenters. The van der Waals surface area contributed by atoms with E-state index in [1.165, 1.54) is 52.0 Å². The molecule has 0 aromatic carbocycles. The van der Waals surface area contributed by atoms with Crippen LogP contribution in [0.5, 0.6) is 0 Å². The highest BCUT2D eigenvalue weighted by Gasteiger charge is 2.32. The van der Waals surface area contributed by atoms with Crippen LogP contribution in [-0.4, -0.2) is 62.7 Å². The van der Waals surface area contributed by atoms with Crippen LogP contribution in [0.3, 0.4) is 0 Å². The Morgan fingerprint density at radius 3 is 2.50 bits per heavy atom. The Labute approximate surface area is 114 Å². The van der Waals surface area contributed by atoms with E-state index in [0.717, 1.165) is 0 Å². The molecule has 0 aromatic rings. The van der Waals surface area contributed by atoms with Crippen molar-refractivity contribution in [1.82, 2.24) is 15.1 Å². The van der Waals surface area contributed by atoms with Gasteiger partial charge in [0.1, 0.15) is 0 Å². The number of hydrogen-bond donors (Lipinski definition) is 1. The van der Waals surface area contributed by atoms with Crippen LogP contribution in [0.2, 0.25) is 0 Å². The molecule has 0 aliphatic carbocycles. The lowest BCUT2D eigenvalue weighted by Gasteiger charge is -2.42. The second-order valence-electron chi connectivity index (χ2n) is 6.65. The lowest BCUT2D eigenvalue weighted by Crippen LogP contribution is -2.53. The molecule has 1 heterocycles. The number of nitrogens with one attached hydrogen (secondary N) is 1. The summed E-state index contributed by atoms with van der Waals surface area (Å²) in [7, 11) is 4.31. The van der Waals surface area contributed by atoms with Crippen LogP contribution in [0.25, 0.3) is 0 Å². The highest BCUT2D eigenvalue weighted by molar-refractivity contribution is 4.90. The maximum Gasteiger partial charge on any atom is 0.0246 e. The third kappa shape index (κ3) is 5.25. The highest BCUT2D eigenvalue weighted by Crippen LogP contribution is 2.30. The Hall–Kier alpha value is -0.120. The van der Waals surface area contributed by atoms with E-state index in [0.29, 0.717) is 11.5 Å². The number of likely N-dealkylation sites (N-methyl/N-ethyl adjacent to an activating group) is 1. The van der Waals surface area contributed by atoms with Gasteiger partial charge < -0.3 is 15.1 Å². The van der Waals surface area contributed by atoms with Crippen LogP contribution in [-0.2, 0) is 0 Å². The fourth-order valence-electron chi connectivity index (χ4n) is 2.83. The molecule has 0 spiro atoms. The summed E-state index contributed by atoms with van der Waals surface area (Å²) in [6.45, 7) is 13.1. The minimum atomic E-state index is 0.452. The molecule has 0 bridgehead atoms. The molecule has 1 rings (SSSR count). The fraction of sp³-hybridized carbons (Fsp3) is 1.00. The first kappa shape index (κ1) is 15.9. The molecule has 1 unspecified atom stereocenters.